The van der Waals surface area contributed by atoms with Gasteiger partial charge in [-0.15, -0.1) is 0 Å². The lowest BCUT2D eigenvalue weighted by Gasteiger charge is -2.18. The minimum absolute atomic E-state index is 0.00740. The van der Waals surface area contributed by atoms with Crippen LogP contribution >= 0.6 is 0 Å². The lowest BCUT2D eigenvalue weighted by molar-refractivity contribution is 0.0964. The summed E-state index contributed by atoms with van der Waals surface area (Å²) in [4.78, 5) is 21.1. The molecule has 1 amide bonds. The zero-order valence-electron chi connectivity index (χ0n) is 16.6. The summed E-state index contributed by atoms with van der Waals surface area (Å²) in [5.41, 5.74) is 4.29. The van der Waals surface area contributed by atoms with Crippen LogP contribution in [0.5, 0.6) is 0 Å². The highest BCUT2D eigenvalue weighted by Crippen LogP contribution is 2.34. The number of anilines is 1. The number of rotatable bonds is 3. The largest absolute Gasteiger partial charge is 0.380 e. The van der Waals surface area contributed by atoms with Crippen LogP contribution in [-0.2, 0) is 19.4 Å². The number of halogens is 2. The molecule has 5 rings (SSSR count). The van der Waals surface area contributed by atoms with Crippen LogP contribution in [0.4, 0.5) is 14.5 Å². The number of nitrogens with one attached hydrogen (secondary N) is 2. The van der Waals surface area contributed by atoms with Gasteiger partial charge in [0.05, 0.1) is 29.1 Å². The van der Waals surface area contributed by atoms with Gasteiger partial charge in [-0.2, -0.15) is 0 Å². The van der Waals surface area contributed by atoms with E-state index in [1.54, 1.807) is 0 Å². The third-order valence-electron chi connectivity index (χ3n) is 5.54. The second-order valence-electron chi connectivity index (χ2n) is 8.45. The summed E-state index contributed by atoms with van der Waals surface area (Å²) in [5.74, 6) is -1.78. The van der Waals surface area contributed by atoms with E-state index in [4.69, 9.17) is 0 Å². The number of benzene rings is 2. The number of hydrogen-bond donors (Lipinski definition) is 2. The van der Waals surface area contributed by atoms with E-state index in [9.17, 15) is 13.6 Å². The normalized spacial score (nSPS) is 16.1. The third-order valence-corrected chi connectivity index (χ3v) is 5.54. The van der Waals surface area contributed by atoms with Crippen molar-refractivity contribution in [2.45, 2.75) is 38.8 Å². The number of nitrogens with zero attached hydrogens (tertiary/aromatic N) is 2. The summed E-state index contributed by atoms with van der Waals surface area (Å²) in [6.07, 6.45) is 1.29. The van der Waals surface area contributed by atoms with Crippen molar-refractivity contribution in [1.29, 1.82) is 0 Å². The van der Waals surface area contributed by atoms with Crippen molar-refractivity contribution in [3.05, 3.63) is 76.1 Å². The first-order valence-corrected chi connectivity index (χ1v) is 9.83. The monoisotopic (exact) mass is 406 g/mol. The van der Waals surface area contributed by atoms with Crippen LogP contribution in [0.25, 0.3) is 11.4 Å². The van der Waals surface area contributed by atoms with E-state index in [2.05, 4.69) is 46.6 Å². The molecular formula is C23H20F2N4O. The fourth-order valence-electron chi connectivity index (χ4n) is 4.23. The van der Waals surface area contributed by atoms with Gasteiger partial charge in [-0.05, 0) is 49.6 Å². The quantitative estimate of drug-likeness (QED) is 0.690. The van der Waals surface area contributed by atoms with Gasteiger partial charge in [0.2, 0.25) is 0 Å². The van der Waals surface area contributed by atoms with E-state index in [0.717, 1.165) is 17.7 Å². The van der Waals surface area contributed by atoms with Crippen LogP contribution < -0.4 is 10.6 Å². The van der Waals surface area contributed by atoms with Crippen molar-refractivity contribution < 1.29 is 13.6 Å². The Morgan fingerprint density at radius 3 is 2.60 bits per heavy atom. The Hall–Kier alpha value is -3.35. The zero-order valence-corrected chi connectivity index (χ0v) is 16.6. The summed E-state index contributed by atoms with van der Waals surface area (Å²) < 4.78 is 28.7. The zero-order chi connectivity index (χ0) is 21.0. The number of carbonyl (C=O) groups is 1. The molecule has 2 aliphatic heterocycles. The Kier molecular flexibility index (Phi) is 4.10. The first kappa shape index (κ1) is 18.7. The molecule has 0 radical (unpaired) electrons. The van der Waals surface area contributed by atoms with Crippen LogP contribution in [0.3, 0.4) is 0 Å². The Morgan fingerprint density at radius 2 is 1.83 bits per heavy atom. The molecule has 0 fully saturated rings. The minimum Gasteiger partial charge on any atom is -0.380 e. The maximum atomic E-state index is 14.3. The maximum absolute atomic E-state index is 14.3. The Labute approximate surface area is 172 Å². The molecule has 0 spiro atoms. The predicted molar refractivity (Wildman–Crippen MR) is 109 cm³/mol. The van der Waals surface area contributed by atoms with E-state index in [0.29, 0.717) is 23.4 Å². The minimum atomic E-state index is -0.734. The number of carbonyl (C=O) groups excluding carboxylic acids is 1. The second kappa shape index (κ2) is 6.58. The Balaban J connectivity index is 1.59. The van der Waals surface area contributed by atoms with E-state index >= 15 is 0 Å². The lowest BCUT2D eigenvalue weighted by atomic mass is 9.98. The highest BCUT2D eigenvalue weighted by molar-refractivity contribution is 5.99. The third kappa shape index (κ3) is 3.10. The van der Waals surface area contributed by atoms with E-state index in [1.807, 2.05) is 6.07 Å². The second-order valence-corrected chi connectivity index (χ2v) is 8.45. The van der Waals surface area contributed by atoms with Crippen molar-refractivity contribution in [1.82, 2.24) is 15.3 Å². The van der Waals surface area contributed by atoms with Crippen LogP contribution in [0, 0.1) is 11.6 Å². The Morgan fingerprint density at radius 1 is 1.07 bits per heavy atom. The smallest absolute Gasteiger partial charge is 0.255 e. The summed E-state index contributed by atoms with van der Waals surface area (Å²) in [6, 6.07) is 9.78. The van der Waals surface area contributed by atoms with E-state index in [1.165, 1.54) is 23.8 Å². The van der Waals surface area contributed by atoms with E-state index in [-0.39, 0.29) is 29.4 Å². The number of hydrogen-bond acceptors (Lipinski definition) is 4. The lowest BCUT2D eigenvalue weighted by Crippen LogP contribution is -2.27. The molecular weight excluding hydrogens is 386 g/mol. The van der Waals surface area contributed by atoms with Crippen molar-refractivity contribution >= 4 is 11.6 Å². The van der Waals surface area contributed by atoms with Crippen molar-refractivity contribution in [2.24, 2.45) is 0 Å². The first-order valence-electron chi connectivity index (χ1n) is 9.83. The molecule has 0 saturated heterocycles. The summed E-state index contributed by atoms with van der Waals surface area (Å²) >= 11 is 0. The van der Waals surface area contributed by atoms with Crippen LogP contribution in [0.2, 0.25) is 0 Å². The highest BCUT2D eigenvalue weighted by atomic mass is 19.1. The summed E-state index contributed by atoms with van der Waals surface area (Å²) in [5, 5.41) is 6.23. The average molecular weight is 406 g/mol. The first-order chi connectivity index (χ1) is 14.3. The van der Waals surface area contributed by atoms with Crippen molar-refractivity contribution in [3.63, 3.8) is 0 Å². The van der Waals surface area contributed by atoms with E-state index < -0.39 is 11.6 Å². The fourth-order valence-corrected chi connectivity index (χ4v) is 4.23. The summed E-state index contributed by atoms with van der Waals surface area (Å²) in [7, 11) is 0. The topological polar surface area (TPSA) is 66.9 Å². The van der Waals surface area contributed by atoms with Gasteiger partial charge in [0, 0.05) is 17.6 Å². The molecule has 2 N–H and O–H groups in total. The predicted octanol–water partition coefficient (Wildman–Crippen LogP) is 4.00. The van der Waals surface area contributed by atoms with Gasteiger partial charge < -0.3 is 10.6 Å². The number of amides is 1. The van der Waals surface area contributed by atoms with Gasteiger partial charge in [-0.25, -0.2) is 18.7 Å². The maximum Gasteiger partial charge on any atom is 0.255 e. The molecule has 5 nitrogen and oxygen atoms in total. The number of fused-ring (bicyclic) bond motifs is 2. The average Bonchev–Trinajstić information content (AvgIpc) is 3.19. The molecule has 0 bridgehead atoms. The molecule has 0 saturated carbocycles. The SMILES string of the molecule is CC1(C)Cc2ccc(Cc3nc(-c4c(F)cccc4F)nc4c3C(=O)NC4)cc2N1. The van der Waals surface area contributed by atoms with Gasteiger partial charge in [0.15, 0.2) is 5.82 Å². The molecule has 0 atom stereocenters. The van der Waals surface area contributed by atoms with Gasteiger partial charge in [0.25, 0.3) is 5.91 Å². The van der Waals surface area contributed by atoms with Gasteiger partial charge in [-0.3, -0.25) is 4.79 Å². The molecule has 2 aliphatic rings. The fraction of sp³-hybridized carbons (Fsp3) is 0.261. The van der Waals surface area contributed by atoms with Crippen LogP contribution in [0.1, 0.15) is 46.7 Å². The van der Waals surface area contributed by atoms with Gasteiger partial charge >= 0.3 is 0 Å². The molecule has 30 heavy (non-hydrogen) atoms. The molecule has 0 aliphatic carbocycles. The molecule has 3 aromatic rings. The Bertz CT molecular complexity index is 1190. The van der Waals surface area contributed by atoms with Gasteiger partial charge in [0.1, 0.15) is 11.6 Å². The van der Waals surface area contributed by atoms with Crippen molar-refractivity contribution in [2.75, 3.05) is 5.32 Å². The van der Waals surface area contributed by atoms with Crippen molar-refractivity contribution in [3.8, 4) is 11.4 Å². The van der Waals surface area contributed by atoms with Crippen LogP contribution in [-0.4, -0.2) is 21.4 Å². The van der Waals surface area contributed by atoms with Gasteiger partial charge in [-0.1, -0.05) is 18.2 Å². The number of aromatic nitrogens is 2. The molecule has 7 heteroatoms. The molecule has 152 valence electrons. The molecule has 0 unspecified atom stereocenters. The highest BCUT2D eigenvalue weighted by Gasteiger charge is 2.30. The molecule has 3 heterocycles. The summed E-state index contributed by atoms with van der Waals surface area (Å²) in [6.45, 7) is 4.50. The standard InChI is InChI=1S/C23H20F2N4O/c1-23(2)10-13-7-6-12(8-16(13)29-23)9-17-20-18(11-26-22(20)30)28-21(27-17)19-14(24)4-3-5-15(19)25/h3-8,29H,9-11H2,1-2H3,(H,26,30). The van der Waals surface area contributed by atoms with Crippen LogP contribution in [0.15, 0.2) is 36.4 Å². The molecule has 2 aromatic carbocycles. The molecule has 1 aromatic heterocycles.